The molecule has 0 radical (unpaired) electrons. The van der Waals surface area contributed by atoms with Crippen LogP contribution in [0.4, 0.5) is 26.3 Å². The van der Waals surface area contributed by atoms with E-state index in [-0.39, 0.29) is 17.7 Å². The summed E-state index contributed by atoms with van der Waals surface area (Å²) in [6.45, 7) is 3.11. The van der Waals surface area contributed by atoms with Crippen LogP contribution < -0.4 is 0 Å². The molecule has 1 atom stereocenters. The molecule has 1 unspecified atom stereocenters. The number of alkyl halides is 6. The van der Waals surface area contributed by atoms with Crippen LogP contribution >= 0.6 is 0 Å². The maximum atomic E-state index is 13.3. The van der Waals surface area contributed by atoms with Crippen molar-refractivity contribution >= 4 is 26.0 Å². The Morgan fingerprint density at radius 2 is 1.48 bits per heavy atom. The number of rotatable bonds is 0. The van der Waals surface area contributed by atoms with Gasteiger partial charge in [-0.15, -0.1) is 0 Å². The second-order valence-electron chi connectivity index (χ2n) is 5.08. The number of hydrogen-bond donors (Lipinski definition) is 0. The molecule has 0 saturated heterocycles. The van der Waals surface area contributed by atoms with Crippen molar-refractivity contribution in [3.8, 4) is 0 Å². The van der Waals surface area contributed by atoms with Crippen LogP contribution in [-0.2, 0) is 0 Å². The summed E-state index contributed by atoms with van der Waals surface area (Å²) in [6.07, 6.45) is -9.51. The van der Waals surface area contributed by atoms with Crippen molar-refractivity contribution in [3.63, 3.8) is 0 Å². The van der Waals surface area contributed by atoms with E-state index in [9.17, 15) is 26.3 Å². The van der Waals surface area contributed by atoms with Crippen molar-refractivity contribution in [2.24, 2.45) is 5.92 Å². The Labute approximate surface area is 119 Å². The molecule has 8 heteroatoms. The van der Waals surface area contributed by atoms with Gasteiger partial charge in [0.15, 0.2) is 0 Å². The Kier molecular flexibility index (Phi) is 4.03. The van der Waals surface area contributed by atoms with Crippen LogP contribution in [0.1, 0.15) is 11.1 Å². The minimum atomic E-state index is -4.78. The van der Waals surface area contributed by atoms with Gasteiger partial charge < -0.3 is 0 Å². The molecule has 1 aromatic rings. The van der Waals surface area contributed by atoms with E-state index in [2.05, 4.69) is 0 Å². The number of benzene rings is 1. The van der Waals surface area contributed by atoms with Gasteiger partial charge in [0, 0.05) is 0 Å². The summed E-state index contributed by atoms with van der Waals surface area (Å²) in [5.74, 6) is -2.15. The van der Waals surface area contributed by atoms with Crippen LogP contribution in [0.15, 0.2) is 24.3 Å². The minimum absolute atomic E-state index is 0.0401. The van der Waals surface area contributed by atoms with Gasteiger partial charge >= 0.3 is 119 Å². The van der Waals surface area contributed by atoms with E-state index in [0.717, 1.165) is 0 Å². The van der Waals surface area contributed by atoms with Crippen LogP contribution in [0.3, 0.4) is 0 Å². The Morgan fingerprint density at radius 1 is 0.952 bits per heavy atom. The van der Waals surface area contributed by atoms with Crippen LogP contribution in [-0.4, -0.2) is 38.2 Å². The fraction of sp³-hybridized carbons (Fsp3) is 0.385. The van der Waals surface area contributed by atoms with Crippen molar-refractivity contribution in [1.82, 2.24) is 0 Å². The molecule has 0 N–H and O–H groups in total. The number of hydrogen-bond acceptors (Lipinski definition) is 0. The molecule has 0 amide bonds. The molecule has 0 saturated carbocycles. The van der Waals surface area contributed by atoms with E-state index in [4.69, 9.17) is 0 Å². The molecular weight excluding hydrogens is 309 g/mol. The predicted octanol–water partition coefficient (Wildman–Crippen LogP) is 3.48. The molecule has 0 fully saturated rings. The third kappa shape index (κ3) is 3.20. The molecule has 21 heavy (non-hydrogen) atoms. The van der Waals surface area contributed by atoms with E-state index in [1.165, 1.54) is 18.2 Å². The zero-order valence-electron chi connectivity index (χ0n) is 11.2. The van der Waals surface area contributed by atoms with Crippen molar-refractivity contribution < 1.29 is 26.3 Å². The van der Waals surface area contributed by atoms with E-state index < -0.39 is 32.0 Å². The van der Waals surface area contributed by atoms with E-state index in [1.807, 2.05) is 0 Å². The molecule has 1 aliphatic rings. The van der Waals surface area contributed by atoms with Crippen LogP contribution in [0.25, 0.3) is 0 Å². The molecule has 1 aromatic carbocycles. The van der Waals surface area contributed by atoms with Crippen molar-refractivity contribution in [2.45, 2.75) is 25.3 Å². The van der Waals surface area contributed by atoms with Crippen LogP contribution in [0.2, 0.25) is 13.1 Å². The average molecular weight is 320 g/mol. The molecule has 0 aromatic heterocycles. The standard InChI is InChI=1S/C13H11BF6Si/c1-21(2)11-8-6-4-3-5-7(8)10(14-13(18,19)20)9(11)12(15,16)17/h3-6,9H,1-2H3. The van der Waals surface area contributed by atoms with Crippen molar-refractivity contribution in [3.05, 3.63) is 35.4 Å². The molecule has 0 bridgehead atoms. The summed E-state index contributed by atoms with van der Waals surface area (Å²) in [5, 5.41) is 0.0959. The fourth-order valence-corrected chi connectivity index (χ4v) is 4.32. The first kappa shape index (κ1) is 16.2. The first-order valence-electron chi connectivity index (χ1n) is 6.15. The van der Waals surface area contributed by atoms with E-state index >= 15 is 0 Å². The zero-order valence-corrected chi connectivity index (χ0v) is 12.2. The Hall–Kier alpha value is -1.18. The Balaban J connectivity index is 2.79. The van der Waals surface area contributed by atoms with Gasteiger partial charge in [-0.25, -0.2) is 0 Å². The molecule has 0 spiro atoms. The third-order valence-corrected chi connectivity index (χ3v) is 4.95. The van der Waals surface area contributed by atoms with E-state index in [0.29, 0.717) is 5.56 Å². The molecule has 2 rings (SSSR count). The van der Waals surface area contributed by atoms with Gasteiger partial charge in [-0.2, -0.15) is 0 Å². The van der Waals surface area contributed by atoms with Gasteiger partial charge in [0.1, 0.15) is 0 Å². The molecule has 0 heterocycles. The van der Waals surface area contributed by atoms with Gasteiger partial charge in [0.2, 0.25) is 0 Å². The molecule has 112 valence electrons. The number of fused-ring (bicyclic) bond motifs is 1. The number of halogens is 6. The quantitative estimate of drug-likeness (QED) is 0.507. The monoisotopic (exact) mass is 320 g/mol. The van der Waals surface area contributed by atoms with Gasteiger partial charge in [-0.1, -0.05) is 0 Å². The molecule has 1 aliphatic carbocycles. The van der Waals surface area contributed by atoms with Gasteiger partial charge in [0.05, 0.1) is 0 Å². The summed E-state index contributed by atoms with van der Waals surface area (Å²) < 4.78 is 78.0. The Morgan fingerprint density at radius 3 is 1.90 bits per heavy atom. The average Bonchev–Trinajstić information content (AvgIpc) is 2.62. The van der Waals surface area contributed by atoms with Gasteiger partial charge in [0.25, 0.3) is 0 Å². The van der Waals surface area contributed by atoms with Crippen LogP contribution in [0.5, 0.6) is 0 Å². The SMILES string of the molecule is C[Si](C)=C1c2ccccc2C(=BC(F)(F)F)C1C(F)(F)F. The maximum absolute atomic E-state index is 13.3. The molecule has 0 aliphatic heterocycles. The first-order valence-corrected chi connectivity index (χ1v) is 8.65. The summed E-state index contributed by atoms with van der Waals surface area (Å²) in [6, 6.07) is 5.80. The second-order valence-corrected chi connectivity index (χ2v) is 7.61. The normalized spacial score (nSPS) is 20.5. The summed E-state index contributed by atoms with van der Waals surface area (Å²) >= 11 is 0. The van der Waals surface area contributed by atoms with Crippen molar-refractivity contribution in [1.29, 1.82) is 0 Å². The molecule has 0 nitrogen and oxygen atoms in total. The zero-order chi connectivity index (χ0) is 16.0. The van der Waals surface area contributed by atoms with Crippen LogP contribution in [0, 0.1) is 5.92 Å². The summed E-state index contributed by atoms with van der Waals surface area (Å²) in [5.41, 5.74) is -0.348. The molecular formula is C13H11BF6Si. The predicted molar refractivity (Wildman–Crippen MR) is 73.5 cm³/mol. The summed E-state index contributed by atoms with van der Waals surface area (Å²) in [4.78, 5) is 0. The Bertz CT molecular complexity index is 622. The first-order chi connectivity index (χ1) is 9.52. The second kappa shape index (κ2) is 5.23. The van der Waals surface area contributed by atoms with Crippen molar-refractivity contribution in [2.75, 3.05) is 0 Å². The third-order valence-electron chi connectivity index (χ3n) is 3.31. The fourth-order valence-electron chi connectivity index (χ4n) is 2.67. The van der Waals surface area contributed by atoms with Gasteiger partial charge in [-0.05, 0) is 0 Å². The van der Waals surface area contributed by atoms with E-state index in [1.54, 1.807) is 19.2 Å². The topological polar surface area (TPSA) is 0 Å². The van der Waals surface area contributed by atoms with Gasteiger partial charge in [-0.3, -0.25) is 0 Å². The summed E-state index contributed by atoms with van der Waals surface area (Å²) in [7, 11) is -1.55.